The van der Waals surface area contributed by atoms with Crippen LogP contribution in [0.15, 0.2) is 47.4 Å². The number of benzene rings is 2. The van der Waals surface area contributed by atoms with Gasteiger partial charge in [0.2, 0.25) is 15.9 Å². The number of nitrogens with zero attached hydrogens (tertiary/aromatic N) is 2. The zero-order valence-electron chi connectivity index (χ0n) is 19.8. The monoisotopic (exact) mass is 525 g/mol. The summed E-state index contributed by atoms with van der Waals surface area (Å²) in [6.45, 7) is 2.55. The lowest BCUT2D eigenvalue weighted by Gasteiger charge is -2.41. The molecule has 36 heavy (non-hydrogen) atoms. The van der Waals surface area contributed by atoms with Gasteiger partial charge in [0.05, 0.1) is 0 Å². The first kappa shape index (κ1) is 26.4. The molecule has 2 aromatic carbocycles. The Balaban J connectivity index is 1.18. The summed E-state index contributed by atoms with van der Waals surface area (Å²) < 4.78 is 73.8. The lowest BCUT2D eigenvalue weighted by atomic mass is 9.98. The van der Waals surface area contributed by atoms with E-state index in [2.05, 4.69) is 9.62 Å². The second-order valence-electron chi connectivity index (χ2n) is 9.09. The molecule has 2 saturated heterocycles. The van der Waals surface area contributed by atoms with Gasteiger partial charge in [-0.3, -0.25) is 9.69 Å². The lowest BCUT2D eigenvalue weighted by Crippen LogP contribution is -2.50. The molecule has 0 saturated carbocycles. The molecule has 2 aromatic rings. The van der Waals surface area contributed by atoms with Crippen LogP contribution < -0.4 is 9.46 Å². The highest BCUT2D eigenvalue weighted by Crippen LogP contribution is 2.25. The maximum absolute atomic E-state index is 13.8. The molecular formula is C25H30F3N3O4S. The molecule has 0 aromatic heterocycles. The minimum absolute atomic E-state index is 0.0265. The first-order chi connectivity index (χ1) is 17.2. The molecule has 0 bridgehead atoms. The molecule has 0 unspecified atom stereocenters. The van der Waals surface area contributed by atoms with Crippen LogP contribution in [0.3, 0.4) is 0 Å². The Morgan fingerprint density at radius 1 is 0.889 bits per heavy atom. The number of carbonyl (C=O) groups excluding carboxylic acids is 1. The van der Waals surface area contributed by atoms with E-state index in [0.29, 0.717) is 19.1 Å². The fraction of sp³-hybridized carbons (Fsp3) is 0.480. The third-order valence-corrected chi connectivity index (χ3v) is 8.27. The Labute approximate surface area is 209 Å². The first-order valence-corrected chi connectivity index (χ1v) is 13.6. The number of halogens is 3. The van der Waals surface area contributed by atoms with Crippen molar-refractivity contribution in [3.63, 3.8) is 0 Å². The van der Waals surface area contributed by atoms with Crippen molar-refractivity contribution in [2.45, 2.75) is 49.1 Å². The summed E-state index contributed by atoms with van der Waals surface area (Å²) in [5.41, 5.74) is 0. The molecule has 11 heteroatoms. The van der Waals surface area contributed by atoms with Gasteiger partial charge in [0.15, 0.2) is 16.5 Å². The van der Waals surface area contributed by atoms with Gasteiger partial charge in [-0.1, -0.05) is 18.2 Å². The van der Waals surface area contributed by atoms with Gasteiger partial charge in [0, 0.05) is 45.2 Å². The van der Waals surface area contributed by atoms with Crippen molar-refractivity contribution in [2.24, 2.45) is 0 Å². The molecule has 0 aliphatic carbocycles. The van der Waals surface area contributed by atoms with E-state index < -0.39 is 26.6 Å². The SMILES string of the molecule is O=C(CCNS(=O)(=O)c1c(F)cccc1F)N1CCC(N2CCC(Oc3ccccc3F)CC2)CC1. The quantitative estimate of drug-likeness (QED) is 0.572. The topological polar surface area (TPSA) is 79.0 Å². The van der Waals surface area contributed by atoms with Crippen LogP contribution in [-0.2, 0) is 14.8 Å². The summed E-state index contributed by atoms with van der Waals surface area (Å²) >= 11 is 0. The largest absolute Gasteiger partial charge is 0.487 e. The number of amides is 1. The molecule has 2 aliphatic heterocycles. The summed E-state index contributed by atoms with van der Waals surface area (Å²) in [5.74, 6) is -2.65. The molecule has 1 amide bonds. The average molecular weight is 526 g/mol. The molecule has 1 N–H and O–H groups in total. The summed E-state index contributed by atoms with van der Waals surface area (Å²) in [6, 6.07) is 9.56. The number of sulfonamides is 1. The third kappa shape index (κ3) is 6.37. The summed E-state index contributed by atoms with van der Waals surface area (Å²) in [5, 5.41) is 0. The molecular weight excluding hydrogens is 495 g/mol. The number of hydrogen-bond acceptors (Lipinski definition) is 5. The van der Waals surface area contributed by atoms with Crippen molar-refractivity contribution in [3.8, 4) is 5.75 Å². The zero-order chi connectivity index (χ0) is 25.7. The van der Waals surface area contributed by atoms with Gasteiger partial charge < -0.3 is 9.64 Å². The number of nitrogens with one attached hydrogen (secondary N) is 1. The number of rotatable bonds is 8. The number of piperidine rings is 2. The van der Waals surface area contributed by atoms with Crippen LogP contribution in [0.4, 0.5) is 13.2 Å². The van der Waals surface area contributed by atoms with Crippen LogP contribution in [0, 0.1) is 17.5 Å². The summed E-state index contributed by atoms with van der Waals surface area (Å²) in [7, 11) is -4.41. The van der Waals surface area contributed by atoms with Crippen molar-refractivity contribution in [3.05, 3.63) is 59.9 Å². The van der Waals surface area contributed by atoms with Gasteiger partial charge in [-0.15, -0.1) is 0 Å². The predicted molar refractivity (Wildman–Crippen MR) is 127 cm³/mol. The van der Waals surface area contributed by atoms with E-state index >= 15 is 0 Å². The van der Waals surface area contributed by atoms with Crippen LogP contribution in [-0.4, -0.2) is 69.0 Å². The number of hydrogen-bond donors (Lipinski definition) is 1. The third-order valence-electron chi connectivity index (χ3n) is 6.76. The number of para-hydroxylation sites is 1. The van der Waals surface area contributed by atoms with E-state index in [4.69, 9.17) is 4.74 Å². The van der Waals surface area contributed by atoms with Crippen LogP contribution >= 0.6 is 0 Å². The fourth-order valence-electron chi connectivity index (χ4n) is 4.82. The van der Waals surface area contributed by atoms with E-state index in [-0.39, 0.29) is 36.5 Å². The van der Waals surface area contributed by atoms with Crippen LogP contribution in [0.25, 0.3) is 0 Å². The molecule has 0 atom stereocenters. The Morgan fingerprint density at radius 2 is 1.50 bits per heavy atom. The normalized spacial score (nSPS) is 18.4. The minimum atomic E-state index is -4.41. The molecule has 7 nitrogen and oxygen atoms in total. The molecule has 2 fully saturated rings. The number of ether oxygens (including phenoxy) is 1. The molecule has 4 rings (SSSR count). The van der Waals surface area contributed by atoms with Crippen LogP contribution in [0.2, 0.25) is 0 Å². The maximum atomic E-state index is 13.8. The molecule has 0 radical (unpaired) electrons. The zero-order valence-corrected chi connectivity index (χ0v) is 20.7. The standard InChI is InChI=1S/C25H30F3N3O4S/c26-20-4-1-2-7-23(20)35-19-11-16-30(17-12-19)18-9-14-31(15-10-18)24(32)8-13-29-36(33,34)25-21(27)5-3-6-22(25)28/h1-7,18-19,29H,8-17H2. The van der Waals surface area contributed by atoms with Crippen molar-refractivity contribution in [1.82, 2.24) is 14.5 Å². The van der Waals surface area contributed by atoms with E-state index in [9.17, 15) is 26.4 Å². The molecule has 2 aliphatic rings. The van der Waals surface area contributed by atoms with Gasteiger partial charge in [-0.2, -0.15) is 0 Å². The van der Waals surface area contributed by atoms with Crippen molar-refractivity contribution in [2.75, 3.05) is 32.7 Å². The Hall–Kier alpha value is -2.63. The summed E-state index contributed by atoms with van der Waals surface area (Å²) in [6.07, 6.45) is 3.08. The Kier molecular flexibility index (Phi) is 8.53. The van der Waals surface area contributed by atoms with Crippen LogP contribution in [0.5, 0.6) is 5.75 Å². The van der Waals surface area contributed by atoms with Gasteiger partial charge in [0.1, 0.15) is 17.7 Å². The van der Waals surface area contributed by atoms with Crippen molar-refractivity contribution >= 4 is 15.9 Å². The minimum Gasteiger partial charge on any atom is -0.487 e. The highest BCUT2D eigenvalue weighted by atomic mass is 32.2. The second kappa shape index (κ2) is 11.6. The molecule has 0 spiro atoms. The first-order valence-electron chi connectivity index (χ1n) is 12.1. The average Bonchev–Trinajstić information content (AvgIpc) is 2.85. The van der Waals surface area contributed by atoms with Gasteiger partial charge in [0.25, 0.3) is 0 Å². The number of carbonyl (C=O) groups is 1. The molecule has 196 valence electrons. The van der Waals surface area contributed by atoms with E-state index in [1.165, 1.54) is 6.07 Å². The Bertz CT molecular complexity index is 1140. The predicted octanol–water partition coefficient (Wildman–Crippen LogP) is 3.31. The van der Waals surface area contributed by atoms with E-state index in [1.54, 1.807) is 23.1 Å². The highest BCUT2D eigenvalue weighted by Gasteiger charge is 2.31. The second-order valence-corrected chi connectivity index (χ2v) is 10.8. The van der Waals surface area contributed by atoms with E-state index in [0.717, 1.165) is 57.0 Å². The van der Waals surface area contributed by atoms with Crippen LogP contribution in [0.1, 0.15) is 32.1 Å². The van der Waals surface area contributed by atoms with Gasteiger partial charge in [-0.25, -0.2) is 26.3 Å². The lowest BCUT2D eigenvalue weighted by molar-refractivity contribution is -0.132. The van der Waals surface area contributed by atoms with E-state index in [1.807, 2.05) is 0 Å². The highest BCUT2D eigenvalue weighted by molar-refractivity contribution is 7.89. The maximum Gasteiger partial charge on any atom is 0.246 e. The number of likely N-dealkylation sites (tertiary alicyclic amines) is 2. The van der Waals surface area contributed by atoms with Crippen molar-refractivity contribution < 1.29 is 31.1 Å². The summed E-state index contributed by atoms with van der Waals surface area (Å²) in [4.78, 5) is 15.6. The fourth-order valence-corrected chi connectivity index (χ4v) is 5.99. The smallest absolute Gasteiger partial charge is 0.246 e. The Morgan fingerprint density at radius 3 is 2.14 bits per heavy atom. The van der Waals surface area contributed by atoms with Gasteiger partial charge in [-0.05, 0) is 49.9 Å². The van der Waals surface area contributed by atoms with Crippen molar-refractivity contribution in [1.29, 1.82) is 0 Å². The van der Waals surface area contributed by atoms with Gasteiger partial charge >= 0.3 is 0 Å². The molecule has 2 heterocycles.